The van der Waals surface area contributed by atoms with Crippen molar-refractivity contribution in [2.45, 2.75) is 49.7 Å². The molecular weight excluding hydrogens is 589 g/mol. The van der Waals surface area contributed by atoms with Gasteiger partial charge >= 0.3 is 0 Å². The zero-order chi connectivity index (χ0) is 31.1. The van der Waals surface area contributed by atoms with Crippen molar-refractivity contribution < 1.29 is 14.4 Å². The van der Waals surface area contributed by atoms with E-state index in [-0.39, 0.29) is 11.6 Å². The molecule has 0 aliphatic heterocycles. The van der Waals surface area contributed by atoms with Gasteiger partial charge in [0.2, 0.25) is 5.91 Å². The van der Waals surface area contributed by atoms with E-state index in [1.54, 1.807) is 48.5 Å². The molecule has 222 valence electrons. The van der Waals surface area contributed by atoms with Crippen LogP contribution in [-0.2, 0) is 22.4 Å². The van der Waals surface area contributed by atoms with Crippen LogP contribution in [0.5, 0.6) is 0 Å². The highest BCUT2D eigenvalue weighted by molar-refractivity contribution is 8.00. The van der Waals surface area contributed by atoms with E-state index in [0.717, 1.165) is 47.3 Å². The van der Waals surface area contributed by atoms with Crippen molar-refractivity contribution >= 4 is 57.6 Å². The van der Waals surface area contributed by atoms with Crippen LogP contribution in [-0.4, -0.2) is 23.0 Å². The van der Waals surface area contributed by atoms with E-state index >= 15 is 0 Å². The minimum absolute atomic E-state index is 0.0993. The standard InChI is InChI=1S/C35H32N4O3S2/c1-22-10-8-11-24(18-22)19-30(38-33(41)25-12-4-3-5-13-25)34(42)37-26-14-9-15-27(20-26)43-23(2)32(40)39-35-29(21-36)28-16-6-7-17-31(28)44-35/h3-5,8-15,18-20,23H,6-7,16-17H2,1-2H3,(H,37,42)(H,38,41)(H,39,40)/b30-19+. The summed E-state index contributed by atoms with van der Waals surface area (Å²) >= 11 is 2.86. The van der Waals surface area contributed by atoms with Gasteiger partial charge in [-0.05, 0) is 87.1 Å². The number of nitrogens with one attached hydrogen (secondary N) is 3. The van der Waals surface area contributed by atoms with Crippen molar-refractivity contribution in [1.82, 2.24) is 5.32 Å². The van der Waals surface area contributed by atoms with Gasteiger partial charge in [0.15, 0.2) is 0 Å². The first-order chi connectivity index (χ1) is 21.3. The average Bonchev–Trinajstić information content (AvgIpc) is 3.38. The molecule has 0 radical (unpaired) electrons. The van der Waals surface area contributed by atoms with Gasteiger partial charge in [-0.2, -0.15) is 5.26 Å². The molecule has 1 aliphatic carbocycles. The number of carbonyl (C=O) groups is 3. The quantitative estimate of drug-likeness (QED) is 0.134. The van der Waals surface area contributed by atoms with Gasteiger partial charge in [0.05, 0.1) is 10.8 Å². The number of aryl methyl sites for hydroxylation is 2. The molecule has 1 atom stereocenters. The molecule has 4 aromatic rings. The molecule has 44 heavy (non-hydrogen) atoms. The largest absolute Gasteiger partial charge is 0.321 e. The minimum atomic E-state index is -0.477. The number of hydrogen-bond donors (Lipinski definition) is 3. The summed E-state index contributed by atoms with van der Waals surface area (Å²) < 4.78 is 0. The summed E-state index contributed by atoms with van der Waals surface area (Å²) in [6, 6.07) is 25.9. The predicted molar refractivity (Wildman–Crippen MR) is 178 cm³/mol. The van der Waals surface area contributed by atoms with Crippen LogP contribution in [0.1, 0.15) is 57.3 Å². The summed E-state index contributed by atoms with van der Waals surface area (Å²) in [4.78, 5) is 41.5. The number of anilines is 2. The normalized spacial score (nSPS) is 13.2. The lowest BCUT2D eigenvalue weighted by Crippen LogP contribution is -2.30. The fourth-order valence-corrected chi connectivity index (χ4v) is 7.13. The molecule has 0 spiro atoms. The van der Waals surface area contributed by atoms with Gasteiger partial charge in [-0.15, -0.1) is 23.1 Å². The lowest BCUT2D eigenvalue weighted by Gasteiger charge is -2.14. The van der Waals surface area contributed by atoms with Gasteiger partial charge < -0.3 is 16.0 Å². The molecule has 3 aromatic carbocycles. The smallest absolute Gasteiger partial charge is 0.272 e. The highest BCUT2D eigenvalue weighted by Gasteiger charge is 2.24. The highest BCUT2D eigenvalue weighted by Crippen LogP contribution is 2.38. The SMILES string of the molecule is Cc1cccc(/C=C(/NC(=O)c2ccccc2)C(=O)Nc2cccc(SC(C)C(=O)Nc3sc4c(c3C#N)CCCC4)c2)c1. The number of nitriles is 1. The summed E-state index contributed by atoms with van der Waals surface area (Å²) in [6.07, 6.45) is 5.64. The lowest BCUT2D eigenvalue weighted by atomic mass is 9.96. The van der Waals surface area contributed by atoms with E-state index < -0.39 is 17.1 Å². The van der Waals surface area contributed by atoms with Crippen molar-refractivity contribution in [3.63, 3.8) is 0 Å². The van der Waals surface area contributed by atoms with Crippen LogP contribution >= 0.6 is 23.1 Å². The maximum absolute atomic E-state index is 13.5. The fourth-order valence-electron chi connectivity index (χ4n) is 4.96. The van der Waals surface area contributed by atoms with Crippen LogP contribution in [0.3, 0.4) is 0 Å². The van der Waals surface area contributed by atoms with E-state index in [0.29, 0.717) is 21.8 Å². The fraction of sp³-hybridized carbons (Fsp3) is 0.200. The van der Waals surface area contributed by atoms with Crippen LogP contribution in [0.15, 0.2) is 89.5 Å². The summed E-state index contributed by atoms with van der Waals surface area (Å²) in [5.41, 5.74) is 4.53. The van der Waals surface area contributed by atoms with Crippen LogP contribution in [0.25, 0.3) is 6.08 Å². The Kier molecular flexibility index (Phi) is 9.95. The molecule has 0 saturated heterocycles. The van der Waals surface area contributed by atoms with Gasteiger partial charge in [0, 0.05) is 21.0 Å². The highest BCUT2D eigenvalue weighted by atomic mass is 32.2. The predicted octanol–water partition coefficient (Wildman–Crippen LogP) is 7.34. The Morgan fingerprint density at radius 1 is 0.955 bits per heavy atom. The van der Waals surface area contributed by atoms with Crippen LogP contribution in [0.2, 0.25) is 0 Å². The van der Waals surface area contributed by atoms with Gasteiger partial charge in [-0.25, -0.2) is 0 Å². The van der Waals surface area contributed by atoms with E-state index in [2.05, 4.69) is 22.0 Å². The van der Waals surface area contributed by atoms with Gasteiger partial charge in [0.25, 0.3) is 11.8 Å². The molecule has 5 rings (SSSR count). The summed E-state index contributed by atoms with van der Waals surface area (Å²) in [5.74, 6) is -1.06. The molecule has 0 bridgehead atoms. The number of rotatable bonds is 9. The van der Waals surface area contributed by atoms with Crippen LogP contribution in [0.4, 0.5) is 10.7 Å². The molecule has 3 N–H and O–H groups in total. The first kappa shape index (κ1) is 30.8. The zero-order valence-electron chi connectivity index (χ0n) is 24.5. The summed E-state index contributed by atoms with van der Waals surface area (Å²) in [5, 5.41) is 18.5. The molecule has 1 aliphatic rings. The Morgan fingerprint density at radius 3 is 2.50 bits per heavy atom. The lowest BCUT2D eigenvalue weighted by molar-refractivity contribution is -0.115. The first-order valence-electron chi connectivity index (χ1n) is 14.4. The number of amides is 3. The Balaban J connectivity index is 1.28. The summed E-state index contributed by atoms with van der Waals surface area (Å²) in [6.45, 7) is 3.77. The van der Waals surface area contributed by atoms with Gasteiger partial charge in [0.1, 0.15) is 16.8 Å². The monoisotopic (exact) mass is 620 g/mol. The average molecular weight is 621 g/mol. The Bertz CT molecular complexity index is 1770. The van der Waals surface area contributed by atoms with E-state index in [1.165, 1.54) is 28.0 Å². The molecule has 0 fully saturated rings. The molecule has 9 heteroatoms. The Morgan fingerprint density at radius 2 is 1.73 bits per heavy atom. The number of hydrogen-bond acceptors (Lipinski definition) is 6. The number of benzene rings is 3. The van der Waals surface area contributed by atoms with Gasteiger partial charge in [-0.3, -0.25) is 14.4 Å². The van der Waals surface area contributed by atoms with E-state index in [1.807, 2.05) is 50.2 Å². The molecule has 1 heterocycles. The van der Waals surface area contributed by atoms with Crippen LogP contribution < -0.4 is 16.0 Å². The maximum Gasteiger partial charge on any atom is 0.272 e. The van der Waals surface area contributed by atoms with Gasteiger partial charge in [-0.1, -0.05) is 54.1 Å². The Hall–Kier alpha value is -4.65. The van der Waals surface area contributed by atoms with Crippen molar-refractivity contribution in [3.8, 4) is 6.07 Å². The second-order valence-electron chi connectivity index (χ2n) is 10.6. The molecule has 1 aromatic heterocycles. The maximum atomic E-state index is 13.5. The van der Waals surface area contributed by atoms with E-state index in [9.17, 15) is 19.6 Å². The zero-order valence-corrected chi connectivity index (χ0v) is 26.1. The van der Waals surface area contributed by atoms with Crippen molar-refractivity contribution in [1.29, 1.82) is 5.26 Å². The molecular formula is C35H32N4O3S2. The van der Waals surface area contributed by atoms with E-state index in [4.69, 9.17) is 0 Å². The molecule has 1 unspecified atom stereocenters. The third-order valence-corrected chi connectivity index (χ3v) is 9.48. The van der Waals surface area contributed by atoms with Crippen molar-refractivity contribution in [2.75, 3.05) is 10.6 Å². The topological polar surface area (TPSA) is 111 Å². The number of thioether (sulfide) groups is 1. The molecule has 0 saturated carbocycles. The van der Waals surface area contributed by atoms with Crippen molar-refractivity contribution in [2.24, 2.45) is 0 Å². The third-order valence-electron chi connectivity index (χ3n) is 7.18. The summed E-state index contributed by atoms with van der Waals surface area (Å²) in [7, 11) is 0. The number of fused-ring (bicyclic) bond motifs is 1. The number of thiophene rings is 1. The molecule has 7 nitrogen and oxygen atoms in total. The Labute approximate surface area is 265 Å². The second-order valence-corrected chi connectivity index (χ2v) is 13.1. The van der Waals surface area contributed by atoms with Crippen LogP contribution in [0, 0.1) is 18.3 Å². The minimum Gasteiger partial charge on any atom is -0.321 e. The second kappa shape index (κ2) is 14.2. The first-order valence-corrected chi connectivity index (χ1v) is 16.1. The van der Waals surface area contributed by atoms with Crippen molar-refractivity contribution in [3.05, 3.63) is 117 Å². The third kappa shape index (κ3) is 7.64. The molecule has 3 amide bonds. The number of nitrogens with zero attached hydrogens (tertiary/aromatic N) is 1. The number of carbonyl (C=O) groups excluding carboxylic acids is 3.